The Labute approximate surface area is 205 Å². The highest BCUT2D eigenvalue weighted by atomic mass is 16.5. The number of amides is 1. The average Bonchev–Trinajstić information content (AvgIpc) is 3.48. The Balaban J connectivity index is 1.79. The Morgan fingerprint density at radius 3 is 2.26 bits per heavy atom. The number of nitrogens with zero attached hydrogens (tertiary/aromatic N) is 2. The molecule has 1 N–H and O–H groups in total. The van der Waals surface area contributed by atoms with Crippen molar-refractivity contribution in [3.8, 4) is 5.75 Å². The molecular formula is C28H30N2O5. The highest BCUT2D eigenvalue weighted by molar-refractivity contribution is 6.46. The monoisotopic (exact) mass is 474 g/mol. The van der Waals surface area contributed by atoms with Gasteiger partial charge in [0, 0.05) is 24.3 Å². The van der Waals surface area contributed by atoms with Crippen LogP contribution in [0.25, 0.3) is 5.76 Å². The summed E-state index contributed by atoms with van der Waals surface area (Å²) >= 11 is 0. The molecule has 1 fully saturated rings. The van der Waals surface area contributed by atoms with Crippen LogP contribution in [0, 0.1) is 0 Å². The van der Waals surface area contributed by atoms with Gasteiger partial charge in [0.25, 0.3) is 11.7 Å². The van der Waals surface area contributed by atoms with E-state index in [2.05, 4.69) is 18.7 Å². The van der Waals surface area contributed by atoms with Crippen molar-refractivity contribution < 1.29 is 23.8 Å². The van der Waals surface area contributed by atoms with Gasteiger partial charge in [0.2, 0.25) is 0 Å². The predicted molar refractivity (Wildman–Crippen MR) is 134 cm³/mol. The Morgan fingerprint density at radius 2 is 1.69 bits per heavy atom. The number of aliphatic hydroxyl groups excluding tert-OH is 1. The van der Waals surface area contributed by atoms with Crippen molar-refractivity contribution in [2.45, 2.75) is 33.4 Å². The molecule has 1 aliphatic heterocycles. The zero-order valence-electron chi connectivity index (χ0n) is 20.2. The number of aliphatic hydroxyl groups is 1. The van der Waals surface area contributed by atoms with Gasteiger partial charge in [0.1, 0.15) is 17.3 Å². The quantitative estimate of drug-likeness (QED) is 0.262. The summed E-state index contributed by atoms with van der Waals surface area (Å²) in [5.41, 5.74) is 2.28. The smallest absolute Gasteiger partial charge is 0.296 e. The Kier molecular flexibility index (Phi) is 7.25. The van der Waals surface area contributed by atoms with Gasteiger partial charge < -0.3 is 24.1 Å². The van der Waals surface area contributed by atoms with Crippen LogP contribution in [0.3, 0.4) is 0 Å². The van der Waals surface area contributed by atoms with Crippen molar-refractivity contribution in [3.05, 3.63) is 89.4 Å². The van der Waals surface area contributed by atoms with Gasteiger partial charge in [0.05, 0.1) is 31.0 Å². The van der Waals surface area contributed by atoms with Crippen LogP contribution in [0.15, 0.2) is 76.9 Å². The van der Waals surface area contributed by atoms with Crippen molar-refractivity contribution in [2.24, 2.45) is 0 Å². The van der Waals surface area contributed by atoms with Gasteiger partial charge >= 0.3 is 0 Å². The van der Waals surface area contributed by atoms with Crippen LogP contribution in [0.2, 0.25) is 0 Å². The molecule has 182 valence electrons. The lowest BCUT2D eigenvalue weighted by molar-refractivity contribution is -0.140. The molecule has 1 atom stereocenters. The standard InChI is InChI=1S/C28H30N2O5/c1-4-29(5-2)21-13-9-19(10-14-21)25-24(26(31)20-11-15-22(16-12-20)34-6-3)27(32)28(33)30(25)18-23-8-7-17-35-23/h7-17,25,31H,4-6,18H2,1-3H3. The number of furan rings is 1. The number of anilines is 1. The minimum atomic E-state index is -0.752. The lowest BCUT2D eigenvalue weighted by Gasteiger charge is -2.26. The van der Waals surface area contributed by atoms with E-state index in [9.17, 15) is 14.7 Å². The third kappa shape index (κ3) is 4.80. The summed E-state index contributed by atoms with van der Waals surface area (Å²) in [5.74, 6) is -0.401. The first-order chi connectivity index (χ1) is 17.0. The van der Waals surface area contributed by atoms with Crippen LogP contribution in [-0.4, -0.2) is 41.4 Å². The fraction of sp³-hybridized carbons (Fsp3) is 0.286. The summed E-state index contributed by atoms with van der Waals surface area (Å²) in [6.07, 6.45) is 1.53. The second-order valence-electron chi connectivity index (χ2n) is 8.23. The van der Waals surface area contributed by atoms with Crippen LogP contribution in [-0.2, 0) is 16.1 Å². The second kappa shape index (κ2) is 10.5. The topological polar surface area (TPSA) is 83.2 Å². The normalized spacial score (nSPS) is 17.1. The minimum absolute atomic E-state index is 0.0568. The van der Waals surface area contributed by atoms with Crippen molar-refractivity contribution >= 4 is 23.1 Å². The van der Waals surface area contributed by atoms with Crippen LogP contribution in [0.5, 0.6) is 5.75 Å². The summed E-state index contributed by atoms with van der Waals surface area (Å²) in [7, 11) is 0. The lowest BCUT2D eigenvalue weighted by Crippen LogP contribution is -2.29. The van der Waals surface area contributed by atoms with Gasteiger partial charge in [-0.2, -0.15) is 0 Å². The van der Waals surface area contributed by atoms with Crippen LogP contribution in [0.1, 0.15) is 43.7 Å². The molecule has 7 nitrogen and oxygen atoms in total. The van der Waals surface area contributed by atoms with E-state index in [1.165, 1.54) is 11.2 Å². The highest BCUT2D eigenvalue weighted by Crippen LogP contribution is 2.41. The van der Waals surface area contributed by atoms with Crippen LogP contribution >= 0.6 is 0 Å². The van der Waals surface area contributed by atoms with Crippen LogP contribution in [0.4, 0.5) is 5.69 Å². The van der Waals surface area contributed by atoms with Gasteiger partial charge in [-0.15, -0.1) is 0 Å². The van der Waals surface area contributed by atoms with Crippen molar-refractivity contribution in [1.29, 1.82) is 0 Å². The average molecular weight is 475 g/mol. The molecule has 35 heavy (non-hydrogen) atoms. The first kappa shape index (κ1) is 24.1. The van der Waals surface area contributed by atoms with Gasteiger partial charge in [-0.25, -0.2) is 0 Å². The van der Waals surface area contributed by atoms with Crippen molar-refractivity contribution in [2.75, 3.05) is 24.6 Å². The number of carbonyl (C=O) groups excluding carboxylic acids is 2. The Hall–Kier alpha value is -4.00. The summed E-state index contributed by atoms with van der Waals surface area (Å²) in [6, 6.07) is 17.3. The largest absolute Gasteiger partial charge is 0.507 e. The molecule has 1 saturated heterocycles. The Morgan fingerprint density at radius 1 is 1.00 bits per heavy atom. The van der Waals surface area contributed by atoms with E-state index in [-0.39, 0.29) is 17.9 Å². The minimum Gasteiger partial charge on any atom is -0.507 e. The molecule has 4 rings (SSSR count). The molecule has 1 unspecified atom stereocenters. The molecule has 0 aliphatic carbocycles. The molecular weight excluding hydrogens is 444 g/mol. The fourth-order valence-electron chi connectivity index (χ4n) is 4.45. The summed E-state index contributed by atoms with van der Waals surface area (Å²) in [5, 5.41) is 11.2. The molecule has 0 spiro atoms. The number of Topliss-reactive ketones (excluding diaryl/α,β-unsaturated/α-hetero) is 1. The first-order valence-corrected chi connectivity index (χ1v) is 11.9. The molecule has 2 aromatic carbocycles. The molecule has 1 aromatic heterocycles. The molecule has 0 saturated carbocycles. The number of ether oxygens (including phenoxy) is 1. The van der Waals surface area contributed by atoms with Crippen molar-refractivity contribution in [3.63, 3.8) is 0 Å². The van der Waals surface area contributed by atoms with Gasteiger partial charge in [-0.1, -0.05) is 12.1 Å². The molecule has 0 radical (unpaired) electrons. The molecule has 1 amide bonds. The number of hydrogen-bond acceptors (Lipinski definition) is 6. The number of benzene rings is 2. The maximum atomic E-state index is 13.2. The van der Waals surface area contributed by atoms with E-state index in [4.69, 9.17) is 9.15 Å². The third-order valence-corrected chi connectivity index (χ3v) is 6.22. The van der Waals surface area contributed by atoms with Crippen LogP contribution < -0.4 is 9.64 Å². The van der Waals surface area contributed by atoms with E-state index in [0.29, 0.717) is 23.7 Å². The number of carbonyl (C=O) groups is 2. The summed E-state index contributed by atoms with van der Waals surface area (Å²) in [4.78, 5) is 30.0. The molecule has 1 aliphatic rings. The molecule has 2 heterocycles. The number of hydrogen-bond donors (Lipinski definition) is 1. The zero-order valence-corrected chi connectivity index (χ0v) is 20.2. The number of likely N-dealkylation sites (tertiary alicyclic amines) is 1. The van der Waals surface area contributed by atoms with Gasteiger partial charge in [-0.05, 0) is 74.9 Å². The van der Waals surface area contributed by atoms with E-state index < -0.39 is 17.7 Å². The van der Waals surface area contributed by atoms with Gasteiger partial charge in [-0.3, -0.25) is 9.59 Å². The number of ketones is 1. The molecule has 0 bridgehead atoms. The van der Waals surface area contributed by atoms with Crippen molar-refractivity contribution in [1.82, 2.24) is 4.90 Å². The van der Waals surface area contributed by atoms with E-state index in [1.807, 2.05) is 31.2 Å². The Bertz CT molecular complexity index is 1190. The molecule has 7 heteroatoms. The third-order valence-electron chi connectivity index (χ3n) is 6.22. The predicted octanol–water partition coefficient (Wildman–Crippen LogP) is 5.15. The maximum absolute atomic E-state index is 13.2. The second-order valence-corrected chi connectivity index (χ2v) is 8.23. The summed E-state index contributed by atoms with van der Waals surface area (Å²) < 4.78 is 10.9. The van der Waals surface area contributed by atoms with E-state index >= 15 is 0 Å². The maximum Gasteiger partial charge on any atom is 0.296 e. The van der Waals surface area contributed by atoms with E-state index in [0.717, 1.165) is 24.3 Å². The fourth-order valence-corrected chi connectivity index (χ4v) is 4.45. The highest BCUT2D eigenvalue weighted by Gasteiger charge is 2.46. The first-order valence-electron chi connectivity index (χ1n) is 11.9. The zero-order chi connectivity index (χ0) is 24.9. The van der Waals surface area contributed by atoms with Gasteiger partial charge in [0.15, 0.2) is 0 Å². The number of rotatable bonds is 9. The molecule has 3 aromatic rings. The lowest BCUT2D eigenvalue weighted by atomic mass is 9.95. The SMILES string of the molecule is CCOc1ccc(C(O)=C2C(=O)C(=O)N(Cc3ccco3)C2c2ccc(N(CC)CC)cc2)cc1. The van der Waals surface area contributed by atoms with E-state index in [1.54, 1.807) is 36.4 Å². The summed E-state index contributed by atoms with van der Waals surface area (Å²) in [6.45, 7) is 8.43.